The van der Waals surface area contributed by atoms with Gasteiger partial charge in [0.05, 0.1) is 12.6 Å². The highest BCUT2D eigenvalue weighted by Crippen LogP contribution is 2.25. The number of aliphatic hydroxyl groups is 1. The Balaban J connectivity index is 1.50. The predicted octanol–water partition coefficient (Wildman–Crippen LogP) is 1.14. The van der Waals surface area contributed by atoms with Gasteiger partial charge >= 0.3 is 6.03 Å². The first-order valence-corrected chi connectivity index (χ1v) is 9.66. The lowest BCUT2D eigenvalue weighted by Crippen LogP contribution is -2.51. The number of carbonyl (C=O) groups excluding carboxylic acids is 2. The lowest BCUT2D eigenvalue weighted by atomic mass is 9.88. The van der Waals surface area contributed by atoms with Gasteiger partial charge in [0.25, 0.3) is 5.91 Å². The van der Waals surface area contributed by atoms with Gasteiger partial charge in [0.2, 0.25) is 0 Å². The summed E-state index contributed by atoms with van der Waals surface area (Å²) in [5, 5.41) is 13.2. The highest BCUT2D eigenvalue weighted by Gasteiger charge is 2.50. The fourth-order valence-electron chi connectivity index (χ4n) is 3.67. The summed E-state index contributed by atoms with van der Waals surface area (Å²) < 4.78 is 0. The summed E-state index contributed by atoms with van der Waals surface area (Å²) in [6.45, 7) is 9.52. The van der Waals surface area contributed by atoms with E-state index < -0.39 is 17.7 Å². The van der Waals surface area contributed by atoms with Crippen LogP contribution in [0.25, 0.3) is 0 Å². The van der Waals surface area contributed by atoms with Crippen molar-refractivity contribution < 1.29 is 14.7 Å². The highest BCUT2D eigenvalue weighted by atomic mass is 16.3. The zero-order chi connectivity index (χ0) is 19.6. The van der Waals surface area contributed by atoms with Crippen molar-refractivity contribution in [1.82, 2.24) is 15.1 Å². The summed E-state index contributed by atoms with van der Waals surface area (Å²) in [6, 6.07) is 9.88. The highest BCUT2D eigenvalue weighted by molar-refractivity contribution is 6.07. The SMILES string of the molecule is CC(C)[C@@]1(C)NC(=O)N(C[C@H](O)CN2CCN(c3ccccc3)CC2)C1=O. The van der Waals surface area contributed by atoms with E-state index in [1.54, 1.807) is 6.92 Å². The number of imide groups is 1. The van der Waals surface area contributed by atoms with Crippen molar-refractivity contribution in [3.63, 3.8) is 0 Å². The number of carbonyl (C=O) groups is 2. The molecule has 2 aliphatic heterocycles. The van der Waals surface area contributed by atoms with E-state index in [2.05, 4.69) is 27.2 Å². The van der Waals surface area contributed by atoms with Crippen LogP contribution in [0.3, 0.4) is 0 Å². The van der Waals surface area contributed by atoms with E-state index >= 15 is 0 Å². The van der Waals surface area contributed by atoms with E-state index in [0.717, 1.165) is 31.1 Å². The van der Waals surface area contributed by atoms with Gasteiger partial charge in [-0.25, -0.2) is 4.79 Å². The standard InChI is InChI=1S/C20H30N4O3/c1-15(2)20(3)18(26)24(19(27)21-20)14-17(25)13-22-9-11-23(12-10-22)16-7-5-4-6-8-16/h4-8,15,17,25H,9-14H2,1-3H3,(H,21,27)/t17-,20-/m1/s1. The summed E-state index contributed by atoms with van der Waals surface area (Å²) in [4.78, 5) is 30.5. The second kappa shape index (κ2) is 7.86. The van der Waals surface area contributed by atoms with Crippen molar-refractivity contribution in [2.24, 2.45) is 5.92 Å². The molecular weight excluding hydrogens is 344 g/mol. The normalized spacial score (nSPS) is 25.2. The Labute approximate surface area is 160 Å². The number of urea groups is 1. The van der Waals surface area contributed by atoms with E-state index in [4.69, 9.17) is 0 Å². The molecule has 2 N–H and O–H groups in total. The largest absolute Gasteiger partial charge is 0.390 e. The molecule has 2 fully saturated rings. The number of rotatable bonds is 6. The first-order valence-electron chi connectivity index (χ1n) is 9.66. The van der Waals surface area contributed by atoms with Gasteiger partial charge in [-0.15, -0.1) is 0 Å². The molecule has 1 aromatic carbocycles. The second-order valence-electron chi connectivity index (χ2n) is 7.98. The van der Waals surface area contributed by atoms with Gasteiger partial charge in [-0.2, -0.15) is 0 Å². The Bertz CT molecular complexity index is 673. The minimum Gasteiger partial charge on any atom is -0.390 e. The summed E-state index contributed by atoms with van der Waals surface area (Å²) in [5.74, 6) is -0.266. The van der Waals surface area contributed by atoms with E-state index in [9.17, 15) is 14.7 Å². The number of benzene rings is 1. The molecule has 2 heterocycles. The molecule has 0 bridgehead atoms. The number of β-amino-alcohol motifs (C(OH)–C–C–N with tert-alkyl or cyclic N) is 1. The molecule has 7 nitrogen and oxygen atoms in total. The smallest absolute Gasteiger partial charge is 0.325 e. The van der Waals surface area contributed by atoms with E-state index in [1.165, 1.54) is 5.69 Å². The fourth-order valence-corrected chi connectivity index (χ4v) is 3.67. The van der Waals surface area contributed by atoms with Gasteiger partial charge in [-0.05, 0) is 25.0 Å². The first kappa shape index (κ1) is 19.6. The Morgan fingerprint density at radius 1 is 1.07 bits per heavy atom. The van der Waals surface area contributed by atoms with Gasteiger partial charge in [0.15, 0.2) is 0 Å². The van der Waals surface area contributed by atoms with Crippen LogP contribution in [0.4, 0.5) is 10.5 Å². The zero-order valence-corrected chi connectivity index (χ0v) is 16.4. The van der Waals surface area contributed by atoms with Gasteiger partial charge in [0.1, 0.15) is 5.54 Å². The molecule has 0 spiro atoms. The number of anilines is 1. The van der Waals surface area contributed by atoms with Crippen molar-refractivity contribution in [1.29, 1.82) is 0 Å². The van der Waals surface area contributed by atoms with Crippen LogP contribution in [0.15, 0.2) is 30.3 Å². The van der Waals surface area contributed by atoms with E-state index in [-0.39, 0.29) is 18.4 Å². The second-order valence-corrected chi connectivity index (χ2v) is 7.98. The molecule has 27 heavy (non-hydrogen) atoms. The Kier molecular flexibility index (Phi) is 5.72. The molecule has 2 aliphatic rings. The van der Waals surface area contributed by atoms with Crippen molar-refractivity contribution in [2.75, 3.05) is 44.2 Å². The summed E-state index contributed by atoms with van der Waals surface area (Å²) >= 11 is 0. The molecule has 148 valence electrons. The van der Waals surface area contributed by atoms with Gasteiger partial charge in [-0.3, -0.25) is 14.6 Å². The predicted molar refractivity (Wildman–Crippen MR) is 105 cm³/mol. The number of amides is 3. The molecule has 1 aromatic rings. The van der Waals surface area contributed by atoms with Crippen LogP contribution in [-0.2, 0) is 4.79 Å². The minimum atomic E-state index is -0.891. The van der Waals surface area contributed by atoms with Crippen LogP contribution in [-0.4, -0.2) is 77.8 Å². The summed E-state index contributed by atoms with van der Waals surface area (Å²) in [7, 11) is 0. The molecular formula is C20H30N4O3. The van der Waals surface area contributed by atoms with Crippen molar-refractivity contribution in [3.8, 4) is 0 Å². The number of nitrogens with one attached hydrogen (secondary N) is 1. The van der Waals surface area contributed by atoms with Crippen LogP contribution in [0.1, 0.15) is 20.8 Å². The van der Waals surface area contributed by atoms with Crippen LogP contribution < -0.4 is 10.2 Å². The Morgan fingerprint density at radius 3 is 2.26 bits per heavy atom. The number of aliphatic hydroxyl groups excluding tert-OH is 1. The number of hydrogen-bond acceptors (Lipinski definition) is 5. The summed E-state index contributed by atoms with van der Waals surface area (Å²) in [6.07, 6.45) is -0.752. The molecule has 0 radical (unpaired) electrons. The Hall–Kier alpha value is -2.12. The van der Waals surface area contributed by atoms with Crippen LogP contribution >= 0.6 is 0 Å². The quantitative estimate of drug-likeness (QED) is 0.730. The average molecular weight is 374 g/mol. The fraction of sp³-hybridized carbons (Fsp3) is 0.600. The summed E-state index contributed by atoms with van der Waals surface area (Å²) in [5.41, 5.74) is 0.322. The topological polar surface area (TPSA) is 76.1 Å². The molecule has 0 aliphatic carbocycles. The average Bonchev–Trinajstić information content (AvgIpc) is 2.87. The van der Waals surface area contributed by atoms with Gasteiger partial charge in [-0.1, -0.05) is 32.0 Å². The van der Waals surface area contributed by atoms with E-state index in [1.807, 2.05) is 32.0 Å². The molecule has 2 saturated heterocycles. The van der Waals surface area contributed by atoms with Crippen molar-refractivity contribution >= 4 is 17.6 Å². The lowest BCUT2D eigenvalue weighted by Gasteiger charge is -2.37. The molecule has 0 saturated carbocycles. The van der Waals surface area contributed by atoms with Crippen molar-refractivity contribution in [2.45, 2.75) is 32.4 Å². The van der Waals surface area contributed by atoms with Crippen molar-refractivity contribution in [3.05, 3.63) is 30.3 Å². The van der Waals surface area contributed by atoms with Crippen LogP contribution in [0, 0.1) is 5.92 Å². The zero-order valence-electron chi connectivity index (χ0n) is 16.4. The van der Waals surface area contributed by atoms with Crippen LogP contribution in [0.5, 0.6) is 0 Å². The van der Waals surface area contributed by atoms with Gasteiger partial charge < -0.3 is 15.3 Å². The molecule has 7 heteroatoms. The maximum atomic E-state index is 12.6. The number of nitrogens with zero attached hydrogens (tertiary/aromatic N) is 3. The molecule has 3 rings (SSSR count). The third-order valence-corrected chi connectivity index (χ3v) is 5.81. The maximum absolute atomic E-state index is 12.6. The number of piperazine rings is 1. The number of para-hydroxylation sites is 1. The maximum Gasteiger partial charge on any atom is 0.325 e. The molecule has 0 aromatic heterocycles. The monoisotopic (exact) mass is 374 g/mol. The third kappa shape index (κ3) is 4.09. The van der Waals surface area contributed by atoms with Gasteiger partial charge in [0, 0.05) is 38.4 Å². The minimum absolute atomic E-state index is 0.0119. The first-order chi connectivity index (χ1) is 12.8. The third-order valence-electron chi connectivity index (χ3n) is 5.81. The van der Waals surface area contributed by atoms with Crippen LogP contribution in [0.2, 0.25) is 0 Å². The Morgan fingerprint density at radius 2 is 1.70 bits per heavy atom. The lowest BCUT2D eigenvalue weighted by molar-refractivity contribution is -0.133. The number of hydrogen-bond donors (Lipinski definition) is 2. The van der Waals surface area contributed by atoms with E-state index in [0.29, 0.717) is 6.54 Å². The molecule has 3 amide bonds. The molecule has 0 unspecified atom stereocenters. The molecule has 2 atom stereocenters.